The number of hydrogen-bond donors (Lipinski definition) is 3. The summed E-state index contributed by atoms with van der Waals surface area (Å²) in [6.45, 7) is 0. The fourth-order valence-electron chi connectivity index (χ4n) is 7.00. The first-order chi connectivity index (χ1) is 13.4. The largest absolute Gasteiger partial charge is 0.390 e. The minimum Gasteiger partial charge on any atom is -0.390 e. The highest BCUT2D eigenvalue weighted by atomic mass is 32.1. The maximum Gasteiger partial charge on any atom is 0.220 e. The van der Waals surface area contributed by atoms with Gasteiger partial charge in [0.25, 0.3) is 0 Å². The maximum atomic E-state index is 12.9. The fraction of sp³-hybridized carbons (Fsp3) is 0.727. The van der Waals surface area contributed by atoms with Crippen molar-refractivity contribution in [3.63, 3.8) is 0 Å². The minimum atomic E-state index is -0.558. The van der Waals surface area contributed by atoms with Gasteiger partial charge in [0.05, 0.1) is 5.60 Å². The standard InChI is InChI=1S/C22H30N2O3S/c25-18-3-5-20(23-18,13-17-2-1-7-28-17)6-4-19(26)24-21-9-15-8-16(10-21)12-22(27,11-15)14-21/h1-2,7,15-16,27H,3-6,8-14H2,(H,23,25)(H,24,26)/t15-,16-,20+,21?,22?/m1/s1. The molecule has 1 aromatic heterocycles. The molecule has 6 rings (SSSR count). The molecule has 3 N–H and O–H groups in total. The summed E-state index contributed by atoms with van der Waals surface area (Å²) in [5.41, 5.74) is -1.05. The summed E-state index contributed by atoms with van der Waals surface area (Å²) in [4.78, 5) is 26.1. The van der Waals surface area contributed by atoms with E-state index < -0.39 is 5.60 Å². The summed E-state index contributed by atoms with van der Waals surface area (Å²) in [7, 11) is 0. The monoisotopic (exact) mass is 402 g/mol. The van der Waals surface area contributed by atoms with E-state index in [0.717, 1.165) is 44.9 Å². The number of hydrogen-bond acceptors (Lipinski definition) is 4. The zero-order valence-electron chi connectivity index (χ0n) is 16.3. The van der Waals surface area contributed by atoms with Gasteiger partial charge in [-0.2, -0.15) is 0 Å². The average molecular weight is 403 g/mol. The maximum absolute atomic E-state index is 12.9. The van der Waals surface area contributed by atoms with Crippen LogP contribution in [0.1, 0.15) is 69.1 Å². The summed E-state index contributed by atoms with van der Waals surface area (Å²) >= 11 is 1.71. The Labute approximate surface area is 170 Å². The van der Waals surface area contributed by atoms with Gasteiger partial charge in [-0.25, -0.2) is 0 Å². The summed E-state index contributed by atoms with van der Waals surface area (Å²) < 4.78 is 0. The number of carbonyl (C=O) groups excluding carboxylic acids is 2. The molecule has 0 radical (unpaired) electrons. The molecule has 28 heavy (non-hydrogen) atoms. The molecule has 1 aliphatic heterocycles. The topological polar surface area (TPSA) is 78.4 Å². The Bertz CT molecular complexity index is 763. The molecule has 0 spiro atoms. The number of thiophene rings is 1. The van der Waals surface area contributed by atoms with Crippen LogP contribution in [0.2, 0.25) is 0 Å². The van der Waals surface area contributed by atoms with Gasteiger partial charge in [0, 0.05) is 35.2 Å². The van der Waals surface area contributed by atoms with Crippen molar-refractivity contribution < 1.29 is 14.7 Å². The lowest BCUT2D eigenvalue weighted by molar-refractivity contribution is -0.151. The third kappa shape index (κ3) is 3.50. The van der Waals surface area contributed by atoms with Crippen LogP contribution >= 0.6 is 11.3 Å². The fourth-order valence-corrected chi connectivity index (χ4v) is 7.85. The van der Waals surface area contributed by atoms with Crippen LogP contribution in [0.4, 0.5) is 0 Å². The van der Waals surface area contributed by atoms with E-state index in [1.54, 1.807) is 11.3 Å². The minimum absolute atomic E-state index is 0.0808. The van der Waals surface area contributed by atoms with E-state index in [0.29, 0.717) is 31.1 Å². The molecule has 4 aliphatic carbocycles. The van der Waals surface area contributed by atoms with Gasteiger partial charge in [-0.15, -0.1) is 11.3 Å². The molecule has 1 saturated heterocycles. The zero-order chi connectivity index (χ0) is 19.4. The Morgan fingerprint density at radius 1 is 1.29 bits per heavy atom. The van der Waals surface area contributed by atoms with E-state index in [1.807, 2.05) is 6.07 Å². The van der Waals surface area contributed by atoms with Gasteiger partial charge in [-0.1, -0.05) is 6.07 Å². The van der Waals surface area contributed by atoms with Crippen LogP contribution in [0.25, 0.3) is 0 Å². The van der Waals surface area contributed by atoms with Crippen LogP contribution in [-0.2, 0) is 16.0 Å². The summed E-state index contributed by atoms with van der Waals surface area (Å²) in [5, 5.41) is 19.5. The number of rotatable bonds is 6. The van der Waals surface area contributed by atoms with Gasteiger partial charge < -0.3 is 15.7 Å². The van der Waals surface area contributed by atoms with Crippen LogP contribution in [0.3, 0.4) is 0 Å². The normalized spacial score (nSPS) is 41.2. The highest BCUT2D eigenvalue weighted by Gasteiger charge is 2.57. The second kappa shape index (κ2) is 6.56. The molecule has 5 nitrogen and oxygen atoms in total. The van der Waals surface area contributed by atoms with Gasteiger partial charge >= 0.3 is 0 Å². The van der Waals surface area contributed by atoms with Crippen molar-refractivity contribution >= 4 is 23.2 Å². The number of amides is 2. The quantitative estimate of drug-likeness (QED) is 0.685. The molecule has 0 unspecified atom stereocenters. The summed E-state index contributed by atoms with van der Waals surface area (Å²) in [6.07, 6.45) is 9.07. The molecule has 5 fully saturated rings. The van der Waals surface area contributed by atoms with Gasteiger partial charge in [-0.05, 0) is 74.6 Å². The van der Waals surface area contributed by atoms with Crippen molar-refractivity contribution in [2.75, 3.05) is 0 Å². The lowest BCUT2D eigenvalue weighted by Crippen LogP contribution is -2.65. The van der Waals surface area contributed by atoms with E-state index in [2.05, 4.69) is 22.1 Å². The number of carbonyl (C=O) groups is 2. The van der Waals surface area contributed by atoms with Gasteiger partial charge in [0.2, 0.25) is 11.8 Å². The third-order valence-corrected chi connectivity index (χ3v) is 8.47. The second-order valence-electron chi connectivity index (χ2n) is 10.1. The zero-order valence-corrected chi connectivity index (χ0v) is 17.2. The van der Waals surface area contributed by atoms with Gasteiger partial charge in [-0.3, -0.25) is 9.59 Å². The van der Waals surface area contributed by atoms with E-state index in [9.17, 15) is 14.7 Å². The first kappa shape index (κ1) is 18.6. The van der Waals surface area contributed by atoms with E-state index in [-0.39, 0.29) is 22.9 Å². The van der Waals surface area contributed by atoms with E-state index >= 15 is 0 Å². The molecule has 152 valence electrons. The molecule has 4 saturated carbocycles. The Balaban J connectivity index is 1.23. The summed E-state index contributed by atoms with van der Waals surface area (Å²) in [5.74, 6) is 1.30. The average Bonchev–Trinajstić information content (AvgIpc) is 3.21. The molecule has 0 aromatic carbocycles. The lowest BCUT2D eigenvalue weighted by Gasteiger charge is -2.60. The van der Waals surface area contributed by atoms with Crippen molar-refractivity contribution in [2.24, 2.45) is 11.8 Å². The van der Waals surface area contributed by atoms with E-state index in [1.165, 1.54) is 11.3 Å². The molecule has 2 heterocycles. The molecular formula is C22H30N2O3S. The van der Waals surface area contributed by atoms with Crippen molar-refractivity contribution in [3.05, 3.63) is 22.4 Å². The molecule has 5 aliphatic rings. The number of aliphatic hydroxyl groups is 1. The number of nitrogens with one attached hydrogen (secondary N) is 2. The van der Waals surface area contributed by atoms with Crippen LogP contribution in [0, 0.1) is 11.8 Å². The van der Waals surface area contributed by atoms with E-state index in [4.69, 9.17) is 0 Å². The Kier molecular flexibility index (Phi) is 4.36. The molecule has 1 aromatic rings. The van der Waals surface area contributed by atoms with Crippen LogP contribution < -0.4 is 10.6 Å². The highest BCUT2D eigenvalue weighted by molar-refractivity contribution is 7.09. The molecule has 2 amide bonds. The molecule has 3 atom stereocenters. The van der Waals surface area contributed by atoms with Crippen molar-refractivity contribution in [1.82, 2.24) is 10.6 Å². The van der Waals surface area contributed by atoms with Crippen molar-refractivity contribution in [2.45, 2.75) is 87.3 Å². The van der Waals surface area contributed by atoms with Crippen molar-refractivity contribution in [1.29, 1.82) is 0 Å². The first-order valence-electron chi connectivity index (χ1n) is 10.7. The lowest BCUT2D eigenvalue weighted by atomic mass is 9.51. The summed E-state index contributed by atoms with van der Waals surface area (Å²) in [6, 6.07) is 4.14. The van der Waals surface area contributed by atoms with Crippen LogP contribution in [-0.4, -0.2) is 33.6 Å². The molecule has 4 bridgehead atoms. The molecular weight excluding hydrogens is 372 g/mol. The second-order valence-corrected chi connectivity index (χ2v) is 11.1. The Morgan fingerprint density at radius 2 is 2.07 bits per heavy atom. The Hall–Kier alpha value is -1.40. The van der Waals surface area contributed by atoms with Crippen molar-refractivity contribution in [3.8, 4) is 0 Å². The smallest absolute Gasteiger partial charge is 0.220 e. The molecule has 6 heteroatoms. The predicted molar refractivity (Wildman–Crippen MR) is 108 cm³/mol. The van der Waals surface area contributed by atoms with Crippen LogP contribution in [0.15, 0.2) is 17.5 Å². The van der Waals surface area contributed by atoms with Gasteiger partial charge in [0.15, 0.2) is 0 Å². The first-order valence-corrected chi connectivity index (χ1v) is 11.6. The van der Waals surface area contributed by atoms with Crippen LogP contribution in [0.5, 0.6) is 0 Å². The predicted octanol–water partition coefficient (Wildman–Crippen LogP) is 2.92. The SMILES string of the molecule is O=C(CC[C@]1(Cc2cccs2)CCC(=O)N1)NC12C[C@H]3C[C@@H](CC(O)(C3)C1)C2. The highest BCUT2D eigenvalue weighted by Crippen LogP contribution is 2.57. The van der Waals surface area contributed by atoms with Gasteiger partial charge in [0.1, 0.15) is 0 Å². The third-order valence-electron chi connectivity index (χ3n) is 7.59. The Morgan fingerprint density at radius 3 is 2.68 bits per heavy atom.